The van der Waals surface area contributed by atoms with Gasteiger partial charge in [-0.3, -0.25) is 4.79 Å². The second-order valence-corrected chi connectivity index (χ2v) is 4.70. The SMILES string of the molecule is Cc1nc(Sc2cccc(C(=O)O)c2)cc(=O)[nH]1. The first-order valence-electron chi connectivity index (χ1n) is 5.14. The summed E-state index contributed by atoms with van der Waals surface area (Å²) in [5, 5.41) is 9.42. The zero-order chi connectivity index (χ0) is 13.1. The van der Waals surface area contributed by atoms with E-state index in [-0.39, 0.29) is 11.1 Å². The van der Waals surface area contributed by atoms with Gasteiger partial charge in [-0.25, -0.2) is 9.78 Å². The van der Waals surface area contributed by atoms with Gasteiger partial charge in [0, 0.05) is 11.0 Å². The monoisotopic (exact) mass is 262 g/mol. The quantitative estimate of drug-likeness (QED) is 0.826. The van der Waals surface area contributed by atoms with Gasteiger partial charge in [0.15, 0.2) is 0 Å². The summed E-state index contributed by atoms with van der Waals surface area (Å²) in [4.78, 5) is 29.6. The third-order valence-electron chi connectivity index (χ3n) is 2.14. The van der Waals surface area contributed by atoms with Crippen LogP contribution >= 0.6 is 11.8 Å². The van der Waals surface area contributed by atoms with Crippen molar-refractivity contribution in [1.29, 1.82) is 0 Å². The zero-order valence-corrected chi connectivity index (χ0v) is 10.3. The molecule has 0 aliphatic heterocycles. The van der Waals surface area contributed by atoms with Crippen molar-refractivity contribution in [3.05, 3.63) is 52.1 Å². The number of rotatable bonds is 3. The molecule has 2 N–H and O–H groups in total. The first kappa shape index (κ1) is 12.4. The van der Waals surface area contributed by atoms with Crippen LogP contribution in [0.5, 0.6) is 0 Å². The van der Waals surface area contributed by atoms with E-state index in [1.807, 2.05) is 0 Å². The maximum atomic E-state index is 11.3. The normalized spacial score (nSPS) is 10.3. The number of aromatic carboxylic acids is 1. The van der Waals surface area contributed by atoms with Gasteiger partial charge in [0.1, 0.15) is 10.9 Å². The van der Waals surface area contributed by atoms with E-state index in [0.29, 0.717) is 10.9 Å². The molecule has 0 atom stereocenters. The van der Waals surface area contributed by atoms with Crippen LogP contribution in [0, 0.1) is 6.92 Å². The van der Waals surface area contributed by atoms with Crippen molar-refractivity contribution in [2.24, 2.45) is 0 Å². The number of nitrogens with zero attached hydrogens (tertiary/aromatic N) is 1. The predicted molar refractivity (Wildman–Crippen MR) is 67.1 cm³/mol. The summed E-state index contributed by atoms with van der Waals surface area (Å²) in [6, 6.07) is 7.88. The number of hydrogen-bond donors (Lipinski definition) is 2. The second kappa shape index (κ2) is 5.05. The van der Waals surface area contributed by atoms with Crippen LogP contribution in [-0.4, -0.2) is 21.0 Å². The summed E-state index contributed by atoms with van der Waals surface area (Å²) in [7, 11) is 0. The molecular weight excluding hydrogens is 252 g/mol. The van der Waals surface area contributed by atoms with E-state index >= 15 is 0 Å². The van der Waals surface area contributed by atoms with E-state index < -0.39 is 5.97 Å². The van der Waals surface area contributed by atoms with Gasteiger partial charge in [-0.1, -0.05) is 17.8 Å². The molecule has 2 aromatic rings. The highest BCUT2D eigenvalue weighted by molar-refractivity contribution is 7.99. The lowest BCUT2D eigenvalue weighted by molar-refractivity contribution is 0.0696. The minimum atomic E-state index is -0.979. The summed E-state index contributed by atoms with van der Waals surface area (Å²) < 4.78 is 0. The van der Waals surface area contributed by atoms with Crippen molar-refractivity contribution < 1.29 is 9.90 Å². The van der Waals surface area contributed by atoms with E-state index in [1.165, 1.54) is 23.9 Å². The first-order valence-corrected chi connectivity index (χ1v) is 5.95. The smallest absolute Gasteiger partial charge is 0.335 e. The topological polar surface area (TPSA) is 83.0 Å². The number of nitrogens with one attached hydrogen (secondary N) is 1. The van der Waals surface area contributed by atoms with Gasteiger partial charge in [0.05, 0.1) is 5.56 Å². The zero-order valence-electron chi connectivity index (χ0n) is 9.51. The number of H-pyrrole nitrogens is 1. The average Bonchev–Trinajstić information content (AvgIpc) is 2.27. The van der Waals surface area contributed by atoms with Crippen LogP contribution in [0.3, 0.4) is 0 Å². The summed E-state index contributed by atoms with van der Waals surface area (Å²) in [5.74, 6) is -0.452. The van der Waals surface area contributed by atoms with Crippen molar-refractivity contribution in [3.63, 3.8) is 0 Å². The molecule has 0 amide bonds. The lowest BCUT2D eigenvalue weighted by Crippen LogP contribution is -2.07. The predicted octanol–water partition coefficient (Wildman–Crippen LogP) is 1.93. The molecule has 0 unspecified atom stereocenters. The molecule has 92 valence electrons. The van der Waals surface area contributed by atoms with Gasteiger partial charge in [-0.2, -0.15) is 0 Å². The van der Waals surface area contributed by atoms with Crippen molar-refractivity contribution in [2.75, 3.05) is 0 Å². The third kappa shape index (κ3) is 2.98. The molecule has 6 heteroatoms. The van der Waals surface area contributed by atoms with Gasteiger partial charge in [-0.05, 0) is 25.1 Å². The van der Waals surface area contributed by atoms with Gasteiger partial charge >= 0.3 is 5.97 Å². The molecule has 1 heterocycles. The average molecular weight is 262 g/mol. The van der Waals surface area contributed by atoms with Crippen molar-refractivity contribution in [1.82, 2.24) is 9.97 Å². The van der Waals surface area contributed by atoms with E-state index in [0.717, 1.165) is 4.90 Å². The molecule has 0 aliphatic carbocycles. The molecular formula is C12H10N2O3S. The Morgan fingerprint density at radius 2 is 2.17 bits per heavy atom. The van der Waals surface area contributed by atoms with Gasteiger partial charge in [0.2, 0.25) is 0 Å². The highest BCUT2D eigenvalue weighted by atomic mass is 32.2. The molecule has 0 saturated carbocycles. The van der Waals surface area contributed by atoms with Crippen LogP contribution in [-0.2, 0) is 0 Å². The third-order valence-corrected chi connectivity index (χ3v) is 3.05. The second-order valence-electron chi connectivity index (χ2n) is 3.60. The number of aromatic amines is 1. The van der Waals surface area contributed by atoms with E-state index in [1.54, 1.807) is 25.1 Å². The van der Waals surface area contributed by atoms with Gasteiger partial charge in [0.25, 0.3) is 5.56 Å². The maximum Gasteiger partial charge on any atom is 0.335 e. The Kier molecular flexibility index (Phi) is 3.47. The lowest BCUT2D eigenvalue weighted by Gasteiger charge is -2.02. The minimum Gasteiger partial charge on any atom is -0.478 e. The van der Waals surface area contributed by atoms with Gasteiger partial charge in [-0.15, -0.1) is 0 Å². The van der Waals surface area contributed by atoms with Crippen LogP contribution in [0.4, 0.5) is 0 Å². The Morgan fingerprint density at radius 1 is 1.39 bits per heavy atom. The largest absolute Gasteiger partial charge is 0.478 e. The van der Waals surface area contributed by atoms with Crippen molar-refractivity contribution in [2.45, 2.75) is 16.8 Å². The lowest BCUT2D eigenvalue weighted by atomic mass is 10.2. The Hall–Kier alpha value is -2.08. The Bertz CT molecular complexity index is 652. The molecule has 2 rings (SSSR count). The van der Waals surface area contributed by atoms with Crippen molar-refractivity contribution in [3.8, 4) is 0 Å². The number of carboxylic acid groups (broad SMARTS) is 1. The van der Waals surface area contributed by atoms with E-state index in [2.05, 4.69) is 9.97 Å². The van der Waals surface area contributed by atoms with Crippen LogP contribution in [0.2, 0.25) is 0 Å². The summed E-state index contributed by atoms with van der Waals surface area (Å²) in [6.45, 7) is 1.69. The van der Waals surface area contributed by atoms with Crippen LogP contribution < -0.4 is 5.56 Å². The molecule has 18 heavy (non-hydrogen) atoms. The van der Waals surface area contributed by atoms with E-state index in [4.69, 9.17) is 5.11 Å². The summed E-state index contributed by atoms with van der Waals surface area (Å²) >= 11 is 1.25. The first-order chi connectivity index (χ1) is 8.54. The molecule has 1 aromatic heterocycles. The number of hydrogen-bond acceptors (Lipinski definition) is 4. The Labute approximate surface area is 107 Å². The molecule has 5 nitrogen and oxygen atoms in total. The summed E-state index contributed by atoms with van der Waals surface area (Å²) in [6.07, 6.45) is 0. The molecule has 0 fully saturated rings. The number of carbonyl (C=O) groups is 1. The fourth-order valence-corrected chi connectivity index (χ4v) is 2.34. The molecule has 0 spiro atoms. The molecule has 0 bridgehead atoms. The number of aryl methyl sites for hydroxylation is 1. The van der Waals surface area contributed by atoms with Crippen LogP contribution in [0.25, 0.3) is 0 Å². The highest BCUT2D eigenvalue weighted by Gasteiger charge is 2.06. The molecule has 1 aromatic carbocycles. The van der Waals surface area contributed by atoms with Crippen LogP contribution in [0.1, 0.15) is 16.2 Å². The van der Waals surface area contributed by atoms with E-state index in [9.17, 15) is 9.59 Å². The van der Waals surface area contributed by atoms with Gasteiger partial charge < -0.3 is 10.1 Å². The summed E-state index contributed by atoms with van der Waals surface area (Å²) in [5.41, 5.74) is -0.0130. The molecule has 0 aliphatic rings. The Balaban J connectivity index is 2.31. The standard InChI is InChI=1S/C12H10N2O3S/c1-7-13-10(15)6-11(14-7)18-9-4-2-3-8(5-9)12(16)17/h2-6H,1H3,(H,16,17)(H,13,14,15). The fraction of sp³-hybridized carbons (Fsp3) is 0.0833. The Morgan fingerprint density at radius 3 is 2.83 bits per heavy atom. The number of aromatic nitrogens is 2. The molecule has 0 saturated heterocycles. The molecule has 0 radical (unpaired) electrons. The number of benzene rings is 1. The van der Waals surface area contributed by atoms with Crippen molar-refractivity contribution >= 4 is 17.7 Å². The number of carboxylic acids is 1. The minimum absolute atomic E-state index is 0.210. The highest BCUT2D eigenvalue weighted by Crippen LogP contribution is 2.25. The maximum absolute atomic E-state index is 11.3. The van der Waals surface area contributed by atoms with Crippen LogP contribution in [0.15, 0.2) is 45.0 Å². The fourth-order valence-electron chi connectivity index (χ4n) is 1.42.